The first-order valence-electron chi connectivity index (χ1n) is 13.5. The number of β-amino-alcohol motifs (C(OH)–C–C–N with tert-alkyl or cyclic N) is 1. The Morgan fingerprint density at radius 1 is 1.10 bits per heavy atom. The van der Waals surface area contributed by atoms with Crippen molar-refractivity contribution in [3.63, 3.8) is 0 Å². The van der Waals surface area contributed by atoms with Crippen molar-refractivity contribution in [2.24, 2.45) is 7.05 Å². The quantitative estimate of drug-likeness (QED) is 0.201. The molecular formula is C27H40N10O3. The third-order valence-corrected chi connectivity index (χ3v) is 6.91. The van der Waals surface area contributed by atoms with Gasteiger partial charge >= 0.3 is 6.03 Å². The number of aliphatic hydroxyl groups is 1. The second-order valence-electron chi connectivity index (χ2n) is 11.3. The fraction of sp³-hybridized carbons (Fsp3) is 0.519. The molecule has 1 aliphatic heterocycles. The van der Waals surface area contributed by atoms with Gasteiger partial charge in [-0.15, -0.1) is 0 Å². The molecule has 1 atom stereocenters. The summed E-state index contributed by atoms with van der Waals surface area (Å²) in [7, 11) is 1.84. The lowest BCUT2D eigenvalue weighted by Gasteiger charge is -2.24. The molecule has 4 rings (SSSR count). The number of rotatable bonds is 10. The molecule has 0 bridgehead atoms. The number of hydrogen-bond acceptors (Lipinski definition) is 9. The van der Waals surface area contributed by atoms with E-state index >= 15 is 0 Å². The number of nitrogens with zero attached hydrogens (tertiary/aromatic N) is 5. The van der Waals surface area contributed by atoms with Crippen LogP contribution in [0.2, 0.25) is 0 Å². The van der Waals surface area contributed by atoms with Crippen LogP contribution in [-0.4, -0.2) is 81.4 Å². The van der Waals surface area contributed by atoms with Crippen LogP contribution in [0.1, 0.15) is 39.2 Å². The van der Waals surface area contributed by atoms with E-state index in [0.717, 1.165) is 0 Å². The van der Waals surface area contributed by atoms with Crippen LogP contribution in [0.5, 0.6) is 0 Å². The van der Waals surface area contributed by atoms with Crippen LogP contribution >= 0.6 is 0 Å². The van der Waals surface area contributed by atoms with E-state index in [-0.39, 0.29) is 29.7 Å². The third-order valence-electron chi connectivity index (χ3n) is 6.91. The molecule has 1 aromatic carbocycles. The normalized spacial score (nSPS) is 17.3. The number of urea groups is 1. The zero-order valence-corrected chi connectivity index (χ0v) is 23.6. The van der Waals surface area contributed by atoms with Gasteiger partial charge in [0.25, 0.3) is 0 Å². The molecule has 1 aliphatic rings. The van der Waals surface area contributed by atoms with Crippen LogP contribution in [0.15, 0.2) is 30.6 Å². The van der Waals surface area contributed by atoms with Gasteiger partial charge in [0.1, 0.15) is 0 Å². The highest BCUT2D eigenvalue weighted by Gasteiger charge is 2.37. The van der Waals surface area contributed by atoms with Crippen LogP contribution in [0.3, 0.4) is 0 Å². The summed E-state index contributed by atoms with van der Waals surface area (Å²) in [6, 6.07) is 7.42. The maximum atomic E-state index is 12.2. The lowest BCUT2D eigenvalue weighted by atomic mass is 9.87. The van der Waals surface area contributed by atoms with Gasteiger partial charge in [-0.25, -0.2) is 9.78 Å². The lowest BCUT2D eigenvalue weighted by Crippen LogP contribution is -2.44. The number of amides is 3. The van der Waals surface area contributed by atoms with Gasteiger partial charge in [0.2, 0.25) is 11.9 Å². The predicted molar refractivity (Wildman–Crippen MR) is 155 cm³/mol. The number of aromatic nitrogens is 4. The maximum absolute atomic E-state index is 12.2. The molecular weight excluding hydrogens is 512 g/mol. The predicted octanol–water partition coefficient (Wildman–Crippen LogP) is 1.10. The second kappa shape index (κ2) is 12.0. The van der Waals surface area contributed by atoms with Crippen LogP contribution < -0.4 is 31.9 Å². The summed E-state index contributed by atoms with van der Waals surface area (Å²) in [5.41, 5.74) is 8.16. The Kier molecular flexibility index (Phi) is 8.74. The van der Waals surface area contributed by atoms with Crippen molar-refractivity contribution < 1.29 is 14.7 Å². The summed E-state index contributed by atoms with van der Waals surface area (Å²) in [6.07, 6.45) is 2.46. The molecule has 1 unspecified atom stereocenters. The number of carbonyl (C=O) groups excluding carboxylic acids is 2. The SMILES string of the molecule is Cn1cnc2c(N3CCC(O)(CNCCC(=O)NCCNC(=O)Nc4ccc(C(C)(C)C)cc4)C3)nc(N)nc21. The fourth-order valence-electron chi connectivity index (χ4n) is 4.63. The molecule has 0 saturated carbocycles. The van der Waals surface area contributed by atoms with Crippen LogP contribution in [0.4, 0.5) is 22.2 Å². The topological polar surface area (TPSA) is 175 Å². The zero-order valence-electron chi connectivity index (χ0n) is 23.6. The molecule has 2 aromatic heterocycles. The van der Waals surface area contributed by atoms with Crippen LogP contribution in [0, 0.1) is 0 Å². The average Bonchev–Trinajstić information content (AvgIpc) is 3.47. The van der Waals surface area contributed by atoms with E-state index in [9.17, 15) is 14.7 Å². The number of fused-ring (bicyclic) bond motifs is 1. The van der Waals surface area contributed by atoms with E-state index in [1.54, 1.807) is 10.9 Å². The fourth-order valence-corrected chi connectivity index (χ4v) is 4.63. The van der Waals surface area contributed by atoms with Gasteiger partial charge in [0.15, 0.2) is 17.0 Å². The van der Waals surface area contributed by atoms with Gasteiger partial charge in [-0.2, -0.15) is 9.97 Å². The minimum Gasteiger partial charge on any atom is -0.387 e. The average molecular weight is 553 g/mol. The first-order chi connectivity index (χ1) is 18.9. The summed E-state index contributed by atoms with van der Waals surface area (Å²) in [6.45, 7) is 8.74. The Morgan fingerprint density at radius 3 is 2.55 bits per heavy atom. The molecule has 3 amide bonds. The molecule has 40 heavy (non-hydrogen) atoms. The lowest BCUT2D eigenvalue weighted by molar-refractivity contribution is -0.121. The number of imidazole rings is 1. The first-order valence-corrected chi connectivity index (χ1v) is 13.5. The van der Waals surface area contributed by atoms with Gasteiger partial charge in [-0.3, -0.25) is 4.79 Å². The van der Waals surface area contributed by atoms with Gasteiger partial charge < -0.3 is 41.6 Å². The molecule has 13 heteroatoms. The van der Waals surface area contributed by atoms with Gasteiger partial charge in [0, 0.05) is 58.4 Å². The van der Waals surface area contributed by atoms with Gasteiger partial charge in [-0.1, -0.05) is 32.9 Å². The summed E-state index contributed by atoms with van der Waals surface area (Å²) in [5, 5.41) is 22.6. The van der Waals surface area contributed by atoms with E-state index in [4.69, 9.17) is 5.73 Å². The monoisotopic (exact) mass is 552 g/mol. The number of nitrogen functional groups attached to an aromatic ring is 1. The Morgan fingerprint density at radius 2 is 1.82 bits per heavy atom. The molecule has 3 heterocycles. The van der Waals surface area contributed by atoms with Crippen LogP contribution in [0.25, 0.3) is 11.2 Å². The smallest absolute Gasteiger partial charge is 0.319 e. The van der Waals surface area contributed by atoms with Crippen molar-refractivity contribution in [1.29, 1.82) is 0 Å². The number of aryl methyl sites for hydroxylation is 1. The molecule has 1 fully saturated rings. The summed E-state index contributed by atoms with van der Waals surface area (Å²) in [5.74, 6) is 0.632. The molecule has 0 spiro atoms. The summed E-state index contributed by atoms with van der Waals surface area (Å²) < 4.78 is 1.78. The minimum absolute atomic E-state index is 0.0486. The Balaban J connectivity index is 1.11. The minimum atomic E-state index is -0.971. The van der Waals surface area contributed by atoms with E-state index in [1.807, 2.05) is 36.2 Å². The number of anilines is 3. The molecule has 7 N–H and O–H groups in total. The standard InChI is InChI=1S/C27H40N10O3/c1-26(2,3)18-5-7-19(8-6-18)33-25(39)31-13-12-30-20(38)9-11-29-15-27(40)10-14-37(16-27)23-21-22(34-24(28)35-23)36(4)17-32-21/h5-8,17,29,40H,9-16H2,1-4H3,(H,30,38)(H2,28,34,35)(H2,31,33,39). The Labute approximate surface area is 233 Å². The number of benzene rings is 1. The van der Waals surface area contributed by atoms with Gasteiger partial charge in [0.05, 0.1) is 11.9 Å². The van der Waals surface area contributed by atoms with Crippen molar-refractivity contribution in [1.82, 2.24) is 35.5 Å². The second-order valence-corrected chi connectivity index (χ2v) is 11.3. The van der Waals surface area contributed by atoms with E-state index in [1.165, 1.54) is 5.56 Å². The van der Waals surface area contributed by atoms with E-state index in [2.05, 4.69) is 57.0 Å². The van der Waals surface area contributed by atoms with Crippen molar-refractivity contribution >= 4 is 40.6 Å². The number of nitrogens with two attached hydrogens (primary N) is 1. The van der Waals surface area contributed by atoms with Crippen LogP contribution in [-0.2, 0) is 17.3 Å². The van der Waals surface area contributed by atoms with Gasteiger partial charge in [-0.05, 0) is 29.5 Å². The Hall–Kier alpha value is -3.97. The molecule has 0 aliphatic carbocycles. The van der Waals surface area contributed by atoms with Crippen molar-refractivity contribution in [3.05, 3.63) is 36.2 Å². The number of carbonyl (C=O) groups is 2. The third kappa shape index (κ3) is 7.36. The number of nitrogens with one attached hydrogen (secondary N) is 4. The number of hydrogen-bond donors (Lipinski definition) is 6. The highest BCUT2D eigenvalue weighted by Crippen LogP contribution is 2.30. The molecule has 1 saturated heterocycles. The Bertz CT molecular complexity index is 1330. The van der Waals surface area contributed by atoms with E-state index < -0.39 is 5.60 Å². The highest BCUT2D eigenvalue weighted by molar-refractivity contribution is 5.89. The van der Waals surface area contributed by atoms with Crippen molar-refractivity contribution in [2.75, 3.05) is 55.2 Å². The van der Waals surface area contributed by atoms with E-state index in [0.29, 0.717) is 68.4 Å². The highest BCUT2D eigenvalue weighted by atomic mass is 16.3. The molecule has 216 valence electrons. The summed E-state index contributed by atoms with van der Waals surface area (Å²) in [4.78, 5) is 39.3. The van der Waals surface area contributed by atoms with Crippen molar-refractivity contribution in [2.45, 2.75) is 44.6 Å². The summed E-state index contributed by atoms with van der Waals surface area (Å²) >= 11 is 0. The molecule has 13 nitrogen and oxygen atoms in total. The molecule has 3 aromatic rings. The molecule has 0 radical (unpaired) electrons. The maximum Gasteiger partial charge on any atom is 0.319 e. The first kappa shape index (κ1) is 29.0. The largest absolute Gasteiger partial charge is 0.387 e. The van der Waals surface area contributed by atoms with Crippen molar-refractivity contribution in [3.8, 4) is 0 Å². The zero-order chi connectivity index (χ0) is 28.9.